The van der Waals surface area contributed by atoms with Gasteiger partial charge in [0.1, 0.15) is 5.82 Å². The highest BCUT2D eigenvalue weighted by molar-refractivity contribution is 5.87. The monoisotopic (exact) mass is 289 g/mol. The van der Waals surface area contributed by atoms with Gasteiger partial charge in [-0.25, -0.2) is 14.8 Å². The smallest absolute Gasteiger partial charge is 0.354 e. The van der Waals surface area contributed by atoms with E-state index in [2.05, 4.69) is 20.1 Å². The summed E-state index contributed by atoms with van der Waals surface area (Å²) in [6.45, 7) is 6.56. The van der Waals surface area contributed by atoms with E-state index in [9.17, 15) is 9.90 Å². The van der Waals surface area contributed by atoms with Gasteiger partial charge >= 0.3 is 5.97 Å². The van der Waals surface area contributed by atoms with Crippen LogP contribution in [0.25, 0.3) is 0 Å². The van der Waals surface area contributed by atoms with Gasteiger partial charge in [0.25, 0.3) is 0 Å². The van der Waals surface area contributed by atoms with E-state index in [0.717, 1.165) is 50.5 Å². The molecule has 21 heavy (non-hydrogen) atoms. The van der Waals surface area contributed by atoms with Crippen LogP contribution in [-0.2, 0) is 13.0 Å². The number of rotatable bonds is 2. The van der Waals surface area contributed by atoms with Crippen LogP contribution in [0.3, 0.4) is 0 Å². The van der Waals surface area contributed by atoms with E-state index in [0.29, 0.717) is 18.8 Å². The molecule has 1 aromatic rings. The Morgan fingerprint density at radius 2 is 2.05 bits per heavy atom. The molecule has 112 valence electrons. The summed E-state index contributed by atoms with van der Waals surface area (Å²) < 4.78 is 0. The van der Waals surface area contributed by atoms with Gasteiger partial charge in [-0.1, -0.05) is 0 Å². The third-order valence-electron chi connectivity index (χ3n) is 4.73. The summed E-state index contributed by atoms with van der Waals surface area (Å²) in [4.78, 5) is 25.4. The van der Waals surface area contributed by atoms with Crippen molar-refractivity contribution in [3.8, 4) is 0 Å². The Kier molecular flexibility index (Phi) is 3.13. The van der Waals surface area contributed by atoms with Crippen LogP contribution in [0.15, 0.2) is 0 Å². The first kappa shape index (κ1) is 13.1. The van der Waals surface area contributed by atoms with Crippen LogP contribution in [0.4, 0.5) is 0 Å². The van der Waals surface area contributed by atoms with Crippen molar-refractivity contribution < 1.29 is 9.90 Å². The lowest BCUT2D eigenvalue weighted by Gasteiger charge is -2.46. The summed E-state index contributed by atoms with van der Waals surface area (Å²) in [7, 11) is 0. The van der Waals surface area contributed by atoms with E-state index >= 15 is 0 Å². The molecule has 1 atom stereocenters. The van der Waals surface area contributed by atoms with Crippen molar-refractivity contribution in [2.24, 2.45) is 0 Å². The fourth-order valence-corrected chi connectivity index (χ4v) is 3.57. The quantitative estimate of drug-likeness (QED) is 0.759. The number of nitrogens with zero attached hydrogens (tertiary/aromatic N) is 4. The molecule has 4 aliphatic heterocycles. The van der Waals surface area contributed by atoms with Crippen molar-refractivity contribution in [2.45, 2.75) is 19.0 Å². The van der Waals surface area contributed by atoms with Gasteiger partial charge in [0.2, 0.25) is 0 Å². The Balaban J connectivity index is 1.75. The van der Waals surface area contributed by atoms with Crippen LogP contribution in [0, 0.1) is 0 Å². The molecule has 4 aliphatic rings. The Bertz CT molecular complexity index is 583. The van der Waals surface area contributed by atoms with Crippen molar-refractivity contribution in [1.82, 2.24) is 25.1 Å². The number of piperazine rings is 3. The lowest BCUT2D eigenvalue weighted by Crippen LogP contribution is -2.57. The maximum Gasteiger partial charge on any atom is 0.354 e. The van der Waals surface area contributed by atoms with Gasteiger partial charge < -0.3 is 10.4 Å². The predicted molar refractivity (Wildman–Crippen MR) is 75.2 cm³/mol. The molecule has 0 saturated carbocycles. The van der Waals surface area contributed by atoms with Gasteiger partial charge in [-0.05, 0) is 13.0 Å². The summed E-state index contributed by atoms with van der Waals surface area (Å²) >= 11 is 0. The number of fused-ring (bicyclic) bond motifs is 4. The zero-order valence-electron chi connectivity index (χ0n) is 11.9. The fourth-order valence-electron chi connectivity index (χ4n) is 3.57. The summed E-state index contributed by atoms with van der Waals surface area (Å²) in [5.41, 5.74) is 1.87. The van der Waals surface area contributed by atoms with Crippen LogP contribution in [0.5, 0.6) is 0 Å². The highest BCUT2D eigenvalue weighted by Gasteiger charge is 2.35. The number of carboxylic acids is 1. The Morgan fingerprint density at radius 1 is 1.24 bits per heavy atom. The van der Waals surface area contributed by atoms with Crippen molar-refractivity contribution in [3.05, 3.63) is 22.8 Å². The molecule has 1 aromatic heterocycles. The number of carboxylic acid groups (broad SMARTS) is 1. The normalized spacial score (nSPS) is 31.0. The molecule has 2 bridgehead atoms. The second kappa shape index (κ2) is 5.01. The van der Waals surface area contributed by atoms with Crippen LogP contribution in [0.2, 0.25) is 0 Å². The van der Waals surface area contributed by atoms with E-state index in [1.807, 2.05) is 0 Å². The predicted octanol–water partition coefficient (Wildman–Crippen LogP) is -0.507. The SMILES string of the molecule is O=C(O)c1nc(C2CN3CCN2CC3)nc2c1CCNC2. The molecule has 5 heterocycles. The standard InChI is InChI=1S/C14H19N5O2/c20-14(21)12-9-1-2-15-7-10(9)16-13(17-12)11-8-18-3-5-19(11)6-4-18/h11,15H,1-8H2,(H,20,21). The largest absolute Gasteiger partial charge is 0.477 e. The third-order valence-corrected chi connectivity index (χ3v) is 4.73. The Morgan fingerprint density at radius 3 is 2.71 bits per heavy atom. The minimum atomic E-state index is -0.937. The zero-order valence-corrected chi connectivity index (χ0v) is 11.9. The van der Waals surface area contributed by atoms with Gasteiger partial charge in [0, 0.05) is 44.8 Å². The number of carbonyl (C=O) groups is 1. The topological polar surface area (TPSA) is 81.6 Å². The lowest BCUT2D eigenvalue weighted by atomic mass is 10.0. The summed E-state index contributed by atoms with van der Waals surface area (Å²) in [6, 6.07) is 0.137. The molecular weight excluding hydrogens is 270 g/mol. The average Bonchev–Trinajstić information content (AvgIpc) is 2.54. The fraction of sp³-hybridized carbons (Fsp3) is 0.643. The molecule has 7 heteroatoms. The minimum Gasteiger partial charge on any atom is -0.477 e. The number of nitrogens with one attached hydrogen (secondary N) is 1. The molecule has 0 aromatic carbocycles. The van der Waals surface area contributed by atoms with E-state index in [1.165, 1.54) is 0 Å². The highest BCUT2D eigenvalue weighted by Crippen LogP contribution is 2.28. The maximum absolute atomic E-state index is 11.5. The van der Waals surface area contributed by atoms with E-state index in [4.69, 9.17) is 4.98 Å². The minimum absolute atomic E-state index is 0.137. The second-order valence-electron chi connectivity index (χ2n) is 5.94. The van der Waals surface area contributed by atoms with E-state index < -0.39 is 5.97 Å². The molecule has 0 spiro atoms. The number of aromatic carboxylic acids is 1. The first-order valence-electron chi connectivity index (χ1n) is 7.52. The molecule has 3 fully saturated rings. The highest BCUT2D eigenvalue weighted by atomic mass is 16.4. The molecule has 0 amide bonds. The summed E-state index contributed by atoms with van der Waals surface area (Å²) in [5.74, 6) is -0.257. The molecule has 3 saturated heterocycles. The van der Waals surface area contributed by atoms with Crippen molar-refractivity contribution in [2.75, 3.05) is 39.3 Å². The van der Waals surface area contributed by atoms with Crippen molar-refractivity contribution in [3.63, 3.8) is 0 Å². The zero-order chi connectivity index (χ0) is 14.4. The van der Waals surface area contributed by atoms with Crippen molar-refractivity contribution in [1.29, 1.82) is 0 Å². The Labute approximate surface area is 123 Å². The van der Waals surface area contributed by atoms with Crippen LogP contribution in [0.1, 0.15) is 33.6 Å². The van der Waals surface area contributed by atoms with E-state index in [1.54, 1.807) is 0 Å². The molecule has 7 nitrogen and oxygen atoms in total. The van der Waals surface area contributed by atoms with Gasteiger partial charge in [-0.2, -0.15) is 0 Å². The summed E-state index contributed by atoms with van der Waals surface area (Å²) in [6.07, 6.45) is 0.692. The van der Waals surface area contributed by atoms with Gasteiger partial charge in [-0.15, -0.1) is 0 Å². The molecular formula is C14H19N5O2. The number of hydrogen-bond acceptors (Lipinski definition) is 6. The van der Waals surface area contributed by atoms with Crippen LogP contribution >= 0.6 is 0 Å². The molecule has 0 aliphatic carbocycles. The molecule has 1 unspecified atom stereocenters. The van der Waals surface area contributed by atoms with Crippen molar-refractivity contribution >= 4 is 5.97 Å². The lowest BCUT2D eigenvalue weighted by molar-refractivity contribution is 0.00835. The molecule has 0 radical (unpaired) electrons. The van der Waals surface area contributed by atoms with Gasteiger partial charge in [0.05, 0.1) is 11.7 Å². The molecule has 2 N–H and O–H groups in total. The van der Waals surface area contributed by atoms with Gasteiger partial charge in [0.15, 0.2) is 5.69 Å². The Hall–Kier alpha value is -1.57. The van der Waals surface area contributed by atoms with Gasteiger partial charge in [-0.3, -0.25) is 9.80 Å². The first-order valence-corrected chi connectivity index (χ1v) is 7.52. The van der Waals surface area contributed by atoms with E-state index in [-0.39, 0.29) is 11.7 Å². The molecule has 5 rings (SSSR count). The average molecular weight is 289 g/mol. The second-order valence-corrected chi connectivity index (χ2v) is 5.94. The third kappa shape index (κ3) is 2.21. The van der Waals surface area contributed by atoms with Crippen LogP contribution in [-0.4, -0.2) is 70.1 Å². The van der Waals surface area contributed by atoms with Crippen LogP contribution < -0.4 is 5.32 Å². The maximum atomic E-state index is 11.5. The first-order chi connectivity index (χ1) is 10.2. The summed E-state index contributed by atoms with van der Waals surface area (Å²) in [5, 5.41) is 12.7. The number of hydrogen-bond donors (Lipinski definition) is 2. The number of aromatic nitrogens is 2.